The molecule has 0 aromatic heterocycles. The zero-order valence-corrected chi connectivity index (χ0v) is 15.1. The van der Waals surface area contributed by atoms with Crippen LogP contribution in [0, 0.1) is 12.8 Å². The van der Waals surface area contributed by atoms with Gasteiger partial charge in [0.05, 0.1) is 5.92 Å². The van der Waals surface area contributed by atoms with Gasteiger partial charge in [0.2, 0.25) is 0 Å². The third kappa shape index (κ3) is 4.92. The van der Waals surface area contributed by atoms with Crippen LogP contribution in [0.15, 0.2) is 54.6 Å². The van der Waals surface area contributed by atoms with Crippen LogP contribution in [0.4, 0.5) is 0 Å². The number of allylic oxidation sites excluding steroid dienone is 1. The third-order valence-electron chi connectivity index (χ3n) is 4.80. The predicted octanol–water partition coefficient (Wildman–Crippen LogP) is 5.38. The van der Waals surface area contributed by atoms with Gasteiger partial charge in [0.25, 0.3) is 0 Å². The van der Waals surface area contributed by atoms with E-state index in [0.717, 1.165) is 36.8 Å². The molecule has 0 heterocycles. The highest BCUT2D eigenvalue weighted by Gasteiger charge is 2.22. The zero-order chi connectivity index (χ0) is 18.4. The summed E-state index contributed by atoms with van der Waals surface area (Å²) < 4.78 is 5.48. The van der Waals surface area contributed by atoms with Crippen molar-refractivity contribution in [2.45, 2.75) is 39.0 Å². The number of hydrogen-bond acceptors (Lipinski definition) is 3. The van der Waals surface area contributed by atoms with Crippen LogP contribution >= 0.6 is 0 Å². The Kier molecular flexibility index (Phi) is 6.00. The summed E-state index contributed by atoms with van der Waals surface area (Å²) in [5.41, 5.74) is 2.69. The van der Waals surface area contributed by atoms with Crippen LogP contribution in [0.2, 0.25) is 0 Å². The van der Waals surface area contributed by atoms with Crippen molar-refractivity contribution in [3.63, 3.8) is 0 Å². The third-order valence-corrected chi connectivity index (χ3v) is 4.80. The van der Waals surface area contributed by atoms with Crippen molar-refractivity contribution in [2.75, 3.05) is 0 Å². The van der Waals surface area contributed by atoms with Gasteiger partial charge < -0.3 is 4.74 Å². The van der Waals surface area contributed by atoms with Crippen LogP contribution in [0.25, 0.3) is 6.08 Å². The van der Waals surface area contributed by atoms with Gasteiger partial charge >= 0.3 is 5.97 Å². The second kappa shape index (κ2) is 8.61. The molecule has 0 atom stereocenters. The lowest BCUT2D eigenvalue weighted by Gasteiger charge is -2.19. The first-order valence-electron chi connectivity index (χ1n) is 9.23. The molecule has 1 aliphatic rings. The Hall–Kier alpha value is -2.68. The summed E-state index contributed by atoms with van der Waals surface area (Å²) in [6.45, 7) is 1.99. The second-order valence-electron chi connectivity index (χ2n) is 6.89. The predicted molar refractivity (Wildman–Crippen MR) is 103 cm³/mol. The van der Waals surface area contributed by atoms with E-state index in [1.54, 1.807) is 24.3 Å². The quantitative estimate of drug-likeness (QED) is 0.315. The minimum Gasteiger partial charge on any atom is -0.426 e. The number of ketones is 1. The molecule has 1 aliphatic carbocycles. The van der Waals surface area contributed by atoms with Gasteiger partial charge in [0.1, 0.15) is 5.75 Å². The number of hydrogen-bond donors (Lipinski definition) is 0. The van der Waals surface area contributed by atoms with Crippen molar-refractivity contribution in [3.05, 3.63) is 71.3 Å². The van der Waals surface area contributed by atoms with E-state index in [4.69, 9.17) is 4.74 Å². The van der Waals surface area contributed by atoms with E-state index in [9.17, 15) is 9.59 Å². The molecule has 0 aliphatic heterocycles. The number of rotatable bonds is 5. The maximum Gasteiger partial charge on any atom is 0.314 e. The molecule has 3 rings (SSSR count). The molecule has 0 unspecified atom stereocenters. The molecule has 3 nitrogen and oxygen atoms in total. The minimum absolute atomic E-state index is 0.0298. The first-order valence-corrected chi connectivity index (χ1v) is 9.23. The second-order valence-corrected chi connectivity index (χ2v) is 6.89. The molecule has 134 valence electrons. The van der Waals surface area contributed by atoms with Crippen molar-refractivity contribution < 1.29 is 14.3 Å². The Labute approximate surface area is 154 Å². The number of ether oxygens (including phenoxy) is 1. The average molecular weight is 348 g/mol. The summed E-state index contributed by atoms with van der Waals surface area (Å²) in [4.78, 5) is 24.3. The summed E-state index contributed by atoms with van der Waals surface area (Å²) in [6, 6.07) is 14.8. The lowest BCUT2D eigenvalue weighted by Crippen LogP contribution is -2.22. The van der Waals surface area contributed by atoms with Gasteiger partial charge in [-0.15, -0.1) is 0 Å². The Morgan fingerprint density at radius 3 is 2.23 bits per heavy atom. The van der Waals surface area contributed by atoms with E-state index < -0.39 is 0 Å². The largest absolute Gasteiger partial charge is 0.426 e. The van der Waals surface area contributed by atoms with Crippen LogP contribution in [0.5, 0.6) is 5.75 Å². The molecular weight excluding hydrogens is 324 g/mol. The van der Waals surface area contributed by atoms with Gasteiger partial charge in [0, 0.05) is 5.56 Å². The summed E-state index contributed by atoms with van der Waals surface area (Å²) in [5.74, 6) is 0.443. The van der Waals surface area contributed by atoms with Crippen molar-refractivity contribution >= 4 is 17.8 Å². The molecule has 1 fully saturated rings. The monoisotopic (exact) mass is 348 g/mol. The fourth-order valence-electron chi connectivity index (χ4n) is 3.17. The lowest BCUT2D eigenvalue weighted by molar-refractivity contribution is -0.139. The molecule has 0 saturated heterocycles. The molecule has 0 amide bonds. The summed E-state index contributed by atoms with van der Waals surface area (Å²) in [5, 5.41) is 0. The van der Waals surface area contributed by atoms with E-state index in [2.05, 4.69) is 0 Å². The molecule has 3 heteroatoms. The van der Waals surface area contributed by atoms with Crippen LogP contribution < -0.4 is 4.74 Å². The van der Waals surface area contributed by atoms with E-state index in [1.807, 2.05) is 43.3 Å². The summed E-state index contributed by atoms with van der Waals surface area (Å²) >= 11 is 0. The van der Waals surface area contributed by atoms with Gasteiger partial charge in [-0.3, -0.25) is 9.59 Å². The molecular formula is C23H24O3. The van der Waals surface area contributed by atoms with Crippen LogP contribution in [-0.2, 0) is 4.79 Å². The van der Waals surface area contributed by atoms with Crippen molar-refractivity contribution in [1.82, 2.24) is 0 Å². The summed E-state index contributed by atoms with van der Waals surface area (Å²) in [7, 11) is 0. The molecule has 26 heavy (non-hydrogen) atoms. The Balaban J connectivity index is 1.57. The molecule has 2 aromatic rings. The minimum atomic E-state index is -0.123. The number of esters is 1. The van der Waals surface area contributed by atoms with Gasteiger partial charge in [-0.25, -0.2) is 0 Å². The molecule has 1 saturated carbocycles. The highest BCUT2D eigenvalue weighted by molar-refractivity contribution is 6.06. The van der Waals surface area contributed by atoms with Crippen LogP contribution in [-0.4, -0.2) is 11.8 Å². The maximum absolute atomic E-state index is 12.2. The van der Waals surface area contributed by atoms with Gasteiger partial charge in [-0.05, 0) is 43.5 Å². The number of benzene rings is 2. The summed E-state index contributed by atoms with van der Waals surface area (Å²) in [6.07, 6.45) is 8.63. The van der Waals surface area contributed by atoms with Crippen molar-refractivity contribution in [2.24, 2.45) is 5.92 Å². The zero-order valence-electron chi connectivity index (χ0n) is 15.1. The smallest absolute Gasteiger partial charge is 0.314 e. The fraction of sp³-hybridized carbons (Fsp3) is 0.304. The molecule has 0 spiro atoms. The average Bonchev–Trinajstić information content (AvgIpc) is 2.68. The molecule has 0 N–H and O–H groups in total. The molecule has 0 radical (unpaired) electrons. The fourth-order valence-corrected chi connectivity index (χ4v) is 3.17. The highest BCUT2D eigenvalue weighted by Crippen LogP contribution is 2.25. The molecule has 0 bridgehead atoms. The van der Waals surface area contributed by atoms with E-state index in [-0.39, 0.29) is 17.7 Å². The van der Waals surface area contributed by atoms with Crippen molar-refractivity contribution in [1.29, 1.82) is 0 Å². The van der Waals surface area contributed by atoms with Crippen LogP contribution in [0.3, 0.4) is 0 Å². The number of aryl methyl sites for hydroxylation is 1. The SMILES string of the molecule is Cc1ccc(C(=O)/C=C/c2ccc(OC(=O)C3CCCCC3)cc2)cc1. The topological polar surface area (TPSA) is 43.4 Å². The van der Waals surface area contributed by atoms with E-state index in [0.29, 0.717) is 11.3 Å². The maximum atomic E-state index is 12.2. The normalized spacial score (nSPS) is 15.1. The van der Waals surface area contributed by atoms with E-state index in [1.165, 1.54) is 6.42 Å². The Morgan fingerprint density at radius 2 is 1.58 bits per heavy atom. The number of carbonyl (C=O) groups excluding carboxylic acids is 2. The van der Waals surface area contributed by atoms with Crippen molar-refractivity contribution in [3.8, 4) is 5.75 Å². The lowest BCUT2D eigenvalue weighted by atomic mass is 9.89. The highest BCUT2D eigenvalue weighted by atomic mass is 16.5. The van der Waals surface area contributed by atoms with E-state index >= 15 is 0 Å². The van der Waals surface area contributed by atoms with Gasteiger partial charge in [0.15, 0.2) is 5.78 Å². The van der Waals surface area contributed by atoms with Gasteiger partial charge in [-0.1, -0.05) is 67.3 Å². The first-order chi connectivity index (χ1) is 12.6. The first kappa shape index (κ1) is 18.1. The Bertz CT molecular complexity index is 779. The standard InChI is InChI=1S/C23H24O3/c1-17-7-12-19(13-8-17)22(24)16-11-18-9-14-21(15-10-18)26-23(25)20-5-3-2-4-6-20/h7-16,20H,2-6H2,1H3/b16-11+. The Morgan fingerprint density at radius 1 is 0.923 bits per heavy atom. The number of carbonyl (C=O) groups is 2. The molecule has 2 aromatic carbocycles. The van der Waals surface area contributed by atoms with Gasteiger partial charge in [-0.2, -0.15) is 0 Å². The van der Waals surface area contributed by atoms with Crippen LogP contribution in [0.1, 0.15) is 53.6 Å².